The predicted molar refractivity (Wildman–Crippen MR) is 239 cm³/mol. The van der Waals surface area contributed by atoms with Gasteiger partial charge in [0.05, 0.1) is 16.7 Å². The van der Waals surface area contributed by atoms with Crippen molar-refractivity contribution in [3.63, 3.8) is 0 Å². The maximum absolute atomic E-state index is 6.41. The van der Waals surface area contributed by atoms with Gasteiger partial charge in [-0.15, -0.1) is 0 Å². The lowest BCUT2D eigenvalue weighted by Gasteiger charge is -2.28. The van der Waals surface area contributed by atoms with Gasteiger partial charge < -0.3 is 13.9 Å². The second kappa shape index (κ2) is 13.6. The van der Waals surface area contributed by atoms with Crippen molar-refractivity contribution in [3.05, 3.63) is 218 Å². The van der Waals surface area contributed by atoms with E-state index in [2.05, 4.69) is 216 Å². The van der Waals surface area contributed by atoms with E-state index in [-0.39, 0.29) is 0 Å². The van der Waals surface area contributed by atoms with Crippen LogP contribution in [0.2, 0.25) is 0 Å². The zero-order valence-corrected chi connectivity index (χ0v) is 31.1. The van der Waals surface area contributed by atoms with Crippen molar-refractivity contribution in [1.29, 1.82) is 0 Å². The molecule has 0 aliphatic heterocycles. The first-order valence-corrected chi connectivity index (χ1v) is 19.4. The van der Waals surface area contributed by atoms with Crippen molar-refractivity contribution in [2.45, 2.75) is 0 Å². The Hall–Kier alpha value is -7.62. The number of rotatable bonds is 7. The van der Waals surface area contributed by atoms with Crippen molar-refractivity contribution in [2.24, 2.45) is 0 Å². The smallest absolute Gasteiger partial charge is 0.136 e. The molecule has 2 heterocycles. The number of aromatic nitrogens is 1. The van der Waals surface area contributed by atoms with Gasteiger partial charge in [0.15, 0.2) is 0 Å². The highest BCUT2D eigenvalue weighted by Gasteiger charge is 2.21. The molecule has 268 valence electrons. The average Bonchev–Trinajstić information content (AvgIpc) is 3.82. The number of anilines is 3. The zero-order chi connectivity index (χ0) is 37.7. The third kappa shape index (κ3) is 5.60. The second-order valence-electron chi connectivity index (χ2n) is 14.5. The molecule has 0 bridgehead atoms. The van der Waals surface area contributed by atoms with Gasteiger partial charge in [-0.2, -0.15) is 0 Å². The number of hydrogen-bond donors (Lipinski definition) is 0. The molecule has 9 aromatic carbocycles. The van der Waals surface area contributed by atoms with E-state index >= 15 is 0 Å². The summed E-state index contributed by atoms with van der Waals surface area (Å²) in [7, 11) is 0. The Labute approximate surface area is 330 Å². The van der Waals surface area contributed by atoms with Crippen LogP contribution >= 0.6 is 0 Å². The molecular formula is C54H36N2O. The van der Waals surface area contributed by atoms with Crippen LogP contribution in [0.15, 0.2) is 223 Å². The van der Waals surface area contributed by atoms with Crippen molar-refractivity contribution < 1.29 is 4.42 Å². The largest absolute Gasteiger partial charge is 0.456 e. The Bertz CT molecular complexity index is 3230. The van der Waals surface area contributed by atoms with E-state index in [1.807, 2.05) is 12.1 Å². The SMILES string of the molecule is c1ccc(-c2ccc(-n3c4ccccc4c4ccc(N(c5ccccc5)c5ccccc5-c5ccccc5)cc43)cc2-c2ccc3c(c2)oc2ccccc23)cc1. The summed E-state index contributed by atoms with van der Waals surface area (Å²) >= 11 is 0. The van der Waals surface area contributed by atoms with Crippen LogP contribution in [0.25, 0.3) is 82.8 Å². The average molecular weight is 729 g/mol. The van der Waals surface area contributed by atoms with Gasteiger partial charge in [-0.3, -0.25) is 0 Å². The molecule has 0 spiro atoms. The Morgan fingerprint density at radius 3 is 1.75 bits per heavy atom. The molecule has 0 aliphatic carbocycles. The quantitative estimate of drug-likeness (QED) is 0.163. The summed E-state index contributed by atoms with van der Waals surface area (Å²) in [6.07, 6.45) is 0. The lowest BCUT2D eigenvalue weighted by molar-refractivity contribution is 0.669. The summed E-state index contributed by atoms with van der Waals surface area (Å²) < 4.78 is 8.84. The third-order valence-electron chi connectivity index (χ3n) is 11.2. The molecule has 0 aliphatic rings. The molecule has 0 atom stereocenters. The minimum atomic E-state index is 0.886. The minimum absolute atomic E-state index is 0.886. The van der Waals surface area contributed by atoms with Gasteiger partial charge in [-0.25, -0.2) is 0 Å². The van der Waals surface area contributed by atoms with E-state index < -0.39 is 0 Å². The molecule has 0 unspecified atom stereocenters. The van der Waals surface area contributed by atoms with Crippen molar-refractivity contribution in [2.75, 3.05) is 4.90 Å². The summed E-state index contributed by atoms with van der Waals surface area (Å²) in [5, 5.41) is 4.68. The number of benzene rings is 9. The first-order chi connectivity index (χ1) is 28.3. The molecule has 3 heteroatoms. The van der Waals surface area contributed by atoms with Gasteiger partial charge in [-0.05, 0) is 94.5 Å². The van der Waals surface area contributed by atoms with Crippen molar-refractivity contribution >= 4 is 60.8 Å². The molecule has 11 rings (SSSR count). The molecule has 0 saturated heterocycles. The Morgan fingerprint density at radius 2 is 0.947 bits per heavy atom. The van der Waals surface area contributed by atoms with Gasteiger partial charge in [-0.1, -0.05) is 152 Å². The van der Waals surface area contributed by atoms with Crippen molar-refractivity contribution in [1.82, 2.24) is 4.57 Å². The van der Waals surface area contributed by atoms with E-state index in [9.17, 15) is 0 Å². The summed E-state index contributed by atoms with van der Waals surface area (Å²) in [5.41, 5.74) is 15.4. The van der Waals surface area contributed by atoms with E-state index in [0.717, 1.165) is 66.8 Å². The van der Waals surface area contributed by atoms with Crippen LogP contribution in [0, 0.1) is 0 Å². The van der Waals surface area contributed by atoms with Crippen LogP contribution < -0.4 is 4.90 Å². The van der Waals surface area contributed by atoms with E-state index in [1.165, 1.54) is 33.0 Å². The summed E-state index contributed by atoms with van der Waals surface area (Å²) in [6.45, 7) is 0. The first-order valence-electron chi connectivity index (χ1n) is 19.4. The molecule has 2 aromatic heterocycles. The molecule has 3 nitrogen and oxygen atoms in total. The monoisotopic (exact) mass is 728 g/mol. The predicted octanol–water partition coefficient (Wildman–Crippen LogP) is 15.2. The van der Waals surface area contributed by atoms with Crippen LogP contribution in [0.1, 0.15) is 0 Å². The summed E-state index contributed by atoms with van der Waals surface area (Å²) in [6, 6.07) is 78.2. The zero-order valence-electron chi connectivity index (χ0n) is 31.1. The van der Waals surface area contributed by atoms with Gasteiger partial charge in [0.1, 0.15) is 11.2 Å². The molecule has 0 amide bonds. The highest BCUT2D eigenvalue weighted by Crippen LogP contribution is 2.44. The minimum Gasteiger partial charge on any atom is -0.456 e. The Balaban J connectivity index is 1.14. The van der Waals surface area contributed by atoms with Crippen LogP contribution in [-0.4, -0.2) is 4.57 Å². The first kappa shape index (κ1) is 32.8. The van der Waals surface area contributed by atoms with Crippen LogP contribution in [0.3, 0.4) is 0 Å². The normalized spacial score (nSPS) is 11.5. The topological polar surface area (TPSA) is 21.3 Å². The van der Waals surface area contributed by atoms with Crippen LogP contribution in [0.5, 0.6) is 0 Å². The van der Waals surface area contributed by atoms with Crippen molar-refractivity contribution in [3.8, 4) is 39.1 Å². The van der Waals surface area contributed by atoms with Gasteiger partial charge in [0, 0.05) is 44.2 Å². The number of hydrogen-bond acceptors (Lipinski definition) is 2. The standard InChI is InChI=1S/C54H36N2O/c1-4-16-37(17-5-1)43-32-29-41(35-49(43)39-28-31-48-47-24-12-15-27-53(47)57-54(48)34-39)56-51-26-14-11-23-45(51)46-33-30-42(36-52(46)56)55(40-20-8-3-9-21-40)50-25-13-10-22-44(50)38-18-6-2-7-19-38/h1-36H. The molecule has 0 radical (unpaired) electrons. The highest BCUT2D eigenvalue weighted by molar-refractivity contribution is 6.11. The highest BCUT2D eigenvalue weighted by atomic mass is 16.3. The molecule has 0 saturated carbocycles. The maximum atomic E-state index is 6.41. The summed E-state index contributed by atoms with van der Waals surface area (Å²) in [5.74, 6) is 0. The van der Waals surface area contributed by atoms with Gasteiger partial charge in [0.25, 0.3) is 0 Å². The fraction of sp³-hybridized carbons (Fsp3) is 0. The molecule has 0 fully saturated rings. The lowest BCUT2D eigenvalue weighted by Crippen LogP contribution is -2.11. The Morgan fingerprint density at radius 1 is 0.333 bits per heavy atom. The van der Waals surface area contributed by atoms with E-state index in [1.54, 1.807) is 0 Å². The van der Waals surface area contributed by atoms with E-state index in [4.69, 9.17) is 4.42 Å². The molecule has 11 aromatic rings. The van der Waals surface area contributed by atoms with Gasteiger partial charge in [0.2, 0.25) is 0 Å². The fourth-order valence-corrected chi connectivity index (χ4v) is 8.58. The molecule has 0 N–H and O–H groups in total. The number of nitrogens with zero attached hydrogens (tertiary/aromatic N) is 2. The number of furan rings is 1. The molecule has 57 heavy (non-hydrogen) atoms. The third-order valence-corrected chi connectivity index (χ3v) is 11.2. The lowest BCUT2D eigenvalue weighted by atomic mass is 9.93. The fourth-order valence-electron chi connectivity index (χ4n) is 8.58. The number of fused-ring (bicyclic) bond motifs is 6. The summed E-state index contributed by atoms with van der Waals surface area (Å²) in [4.78, 5) is 2.39. The van der Waals surface area contributed by atoms with E-state index in [0.29, 0.717) is 0 Å². The van der Waals surface area contributed by atoms with Gasteiger partial charge >= 0.3 is 0 Å². The molecular weight excluding hydrogens is 693 g/mol. The Kier molecular flexibility index (Phi) is 7.82. The van der Waals surface area contributed by atoms with Crippen LogP contribution in [0.4, 0.5) is 17.1 Å². The second-order valence-corrected chi connectivity index (χ2v) is 14.5. The van der Waals surface area contributed by atoms with Crippen LogP contribution in [-0.2, 0) is 0 Å². The maximum Gasteiger partial charge on any atom is 0.136 e. The number of para-hydroxylation sites is 4.